The van der Waals surface area contributed by atoms with Gasteiger partial charge in [0.15, 0.2) is 5.82 Å². The number of hydrogen-bond donors (Lipinski definition) is 1. The number of rotatable bonds is 4. The summed E-state index contributed by atoms with van der Waals surface area (Å²) >= 11 is 0. The minimum Gasteiger partial charge on any atom is -0.338 e. The summed E-state index contributed by atoms with van der Waals surface area (Å²) in [7, 11) is 2.20. The Labute approximate surface area is 96.2 Å². The van der Waals surface area contributed by atoms with E-state index in [2.05, 4.69) is 27.4 Å². The Hall–Kier alpha value is -0.940. The molecule has 2 rings (SSSR count). The molecule has 2 heterocycles. The van der Waals surface area contributed by atoms with E-state index in [0.29, 0.717) is 24.3 Å². The van der Waals surface area contributed by atoms with E-state index in [1.54, 1.807) is 0 Å². The van der Waals surface area contributed by atoms with E-state index < -0.39 is 0 Å². The molecule has 1 aliphatic rings. The number of likely N-dealkylation sites (N-methyl/N-ethyl adjacent to an activating group) is 1. The van der Waals surface area contributed by atoms with Crippen LogP contribution < -0.4 is 5.32 Å². The molecule has 1 saturated heterocycles. The first-order valence-corrected chi connectivity index (χ1v) is 5.96. The number of likely N-dealkylation sites (tertiary alicyclic amines) is 1. The second kappa shape index (κ2) is 5.41. The minimum atomic E-state index is 0.651. The van der Waals surface area contributed by atoms with Crippen LogP contribution in [0.15, 0.2) is 4.52 Å². The zero-order chi connectivity index (χ0) is 11.4. The van der Waals surface area contributed by atoms with Gasteiger partial charge in [-0.05, 0) is 33.4 Å². The molecule has 0 bridgehead atoms. The van der Waals surface area contributed by atoms with Crippen molar-refractivity contribution in [2.45, 2.75) is 38.8 Å². The van der Waals surface area contributed by atoms with Crippen LogP contribution in [0.1, 0.15) is 31.0 Å². The van der Waals surface area contributed by atoms with Crippen LogP contribution in [0.2, 0.25) is 0 Å². The van der Waals surface area contributed by atoms with Crippen molar-refractivity contribution in [2.24, 2.45) is 0 Å². The summed E-state index contributed by atoms with van der Waals surface area (Å²) in [5.41, 5.74) is 0. The van der Waals surface area contributed by atoms with Crippen molar-refractivity contribution in [1.29, 1.82) is 0 Å². The summed E-state index contributed by atoms with van der Waals surface area (Å²) in [6, 6.07) is 0.651. The standard InChI is InChI=1S/C11H20N4O/c1-9-13-11(16-14-9)8-12-7-10-5-3-4-6-15(10)2/h10,12H,3-8H2,1-2H3. The molecular weight excluding hydrogens is 204 g/mol. The van der Waals surface area contributed by atoms with Gasteiger partial charge in [-0.1, -0.05) is 11.6 Å². The van der Waals surface area contributed by atoms with Crippen molar-refractivity contribution >= 4 is 0 Å². The third kappa shape index (κ3) is 3.02. The summed E-state index contributed by atoms with van der Waals surface area (Å²) in [4.78, 5) is 6.58. The first-order valence-electron chi connectivity index (χ1n) is 5.96. The third-order valence-electron chi connectivity index (χ3n) is 3.15. The molecule has 5 heteroatoms. The molecule has 1 unspecified atom stereocenters. The maximum absolute atomic E-state index is 5.04. The van der Waals surface area contributed by atoms with Crippen LogP contribution in [0.4, 0.5) is 0 Å². The fourth-order valence-electron chi connectivity index (χ4n) is 2.16. The lowest BCUT2D eigenvalue weighted by atomic mass is 10.0. The van der Waals surface area contributed by atoms with Crippen LogP contribution in [-0.4, -0.2) is 41.2 Å². The van der Waals surface area contributed by atoms with Crippen LogP contribution in [0, 0.1) is 6.92 Å². The van der Waals surface area contributed by atoms with E-state index in [4.69, 9.17) is 4.52 Å². The predicted octanol–water partition coefficient (Wildman–Crippen LogP) is 0.952. The van der Waals surface area contributed by atoms with Crippen LogP contribution in [0.25, 0.3) is 0 Å². The number of nitrogens with one attached hydrogen (secondary N) is 1. The van der Waals surface area contributed by atoms with Crippen LogP contribution in [0.5, 0.6) is 0 Å². The van der Waals surface area contributed by atoms with Crippen molar-refractivity contribution in [3.63, 3.8) is 0 Å². The molecule has 0 aromatic carbocycles. The van der Waals surface area contributed by atoms with Gasteiger partial charge in [0, 0.05) is 12.6 Å². The zero-order valence-electron chi connectivity index (χ0n) is 10.1. The van der Waals surface area contributed by atoms with Crippen molar-refractivity contribution in [2.75, 3.05) is 20.1 Å². The molecule has 1 atom stereocenters. The summed E-state index contributed by atoms with van der Waals surface area (Å²) in [5.74, 6) is 1.38. The molecule has 0 amide bonds. The summed E-state index contributed by atoms with van der Waals surface area (Å²) in [5, 5.41) is 7.14. The second-order valence-corrected chi connectivity index (χ2v) is 4.50. The van der Waals surface area contributed by atoms with Gasteiger partial charge >= 0.3 is 0 Å². The Balaban J connectivity index is 1.71. The van der Waals surface area contributed by atoms with E-state index in [1.165, 1.54) is 25.8 Å². The van der Waals surface area contributed by atoms with Crippen LogP contribution in [0.3, 0.4) is 0 Å². The van der Waals surface area contributed by atoms with Crippen LogP contribution >= 0.6 is 0 Å². The maximum Gasteiger partial charge on any atom is 0.240 e. The van der Waals surface area contributed by atoms with Gasteiger partial charge in [0.05, 0.1) is 6.54 Å². The Bertz CT molecular complexity index is 326. The van der Waals surface area contributed by atoms with Crippen molar-refractivity contribution in [1.82, 2.24) is 20.4 Å². The van der Waals surface area contributed by atoms with Crippen LogP contribution in [-0.2, 0) is 6.54 Å². The molecule has 1 fully saturated rings. The second-order valence-electron chi connectivity index (χ2n) is 4.50. The number of nitrogens with zero attached hydrogens (tertiary/aromatic N) is 3. The van der Waals surface area contributed by atoms with Gasteiger partial charge in [-0.15, -0.1) is 0 Å². The van der Waals surface area contributed by atoms with E-state index in [-0.39, 0.29) is 0 Å². The molecule has 1 aromatic heterocycles. The quantitative estimate of drug-likeness (QED) is 0.825. The number of aryl methyl sites for hydroxylation is 1. The predicted molar refractivity (Wildman–Crippen MR) is 61.0 cm³/mol. The maximum atomic E-state index is 5.04. The number of piperidine rings is 1. The fraction of sp³-hybridized carbons (Fsp3) is 0.818. The smallest absolute Gasteiger partial charge is 0.240 e. The molecule has 1 aliphatic heterocycles. The van der Waals surface area contributed by atoms with E-state index in [0.717, 1.165) is 6.54 Å². The lowest BCUT2D eigenvalue weighted by Gasteiger charge is -2.32. The molecule has 0 aliphatic carbocycles. The molecule has 1 N–H and O–H groups in total. The summed E-state index contributed by atoms with van der Waals surface area (Å²) in [6.07, 6.45) is 3.96. The average Bonchev–Trinajstić information content (AvgIpc) is 2.67. The fourth-order valence-corrected chi connectivity index (χ4v) is 2.16. The lowest BCUT2D eigenvalue weighted by Crippen LogP contribution is -2.42. The zero-order valence-corrected chi connectivity index (χ0v) is 10.1. The first-order chi connectivity index (χ1) is 7.75. The van der Waals surface area contributed by atoms with Gasteiger partial charge in [-0.25, -0.2) is 0 Å². The topological polar surface area (TPSA) is 54.2 Å². The lowest BCUT2D eigenvalue weighted by molar-refractivity contribution is 0.180. The van der Waals surface area contributed by atoms with Gasteiger partial charge in [-0.3, -0.25) is 0 Å². The van der Waals surface area contributed by atoms with Crippen molar-refractivity contribution < 1.29 is 4.52 Å². The first kappa shape index (κ1) is 11.5. The summed E-state index contributed by atoms with van der Waals surface area (Å²) < 4.78 is 5.04. The molecular formula is C11H20N4O. The van der Waals surface area contributed by atoms with E-state index >= 15 is 0 Å². The molecule has 0 radical (unpaired) electrons. The Kier molecular flexibility index (Phi) is 3.90. The van der Waals surface area contributed by atoms with Gasteiger partial charge in [0.1, 0.15) is 0 Å². The van der Waals surface area contributed by atoms with Crippen molar-refractivity contribution in [3.8, 4) is 0 Å². The van der Waals surface area contributed by atoms with E-state index in [1.807, 2.05) is 6.92 Å². The monoisotopic (exact) mass is 224 g/mol. The largest absolute Gasteiger partial charge is 0.338 e. The van der Waals surface area contributed by atoms with Gasteiger partial charge in [-0.2, -0.15) is 4.98 Å². The Morgan fingerprint density at radius 3 is 3.06 bits per heavy atom. The summed E-state index contributed by atoms with van der Waals surface area (Å²) in [6.45, 7) is 4.72. The van der Waals surface area contributed by atoms with Gasteiger partial charge in [0.25, 0.3) is 0 Å². The number of aromatic nitrogens is 2. The highest BCUT2D eigenvalue weighted by Gasteiger charge is 2.18. The minimum absolute atomic E-state index is 0.651. The third-order valence-corrected chi connectivity index (χ3v) is 3.15. The molecule has 1 aromatic rings. The highest BCUT2D eigenvalue weighted by Crippen LogP contribution is 2.13. The average molecular weight is 224 g/mol. The number of hydrogen-bond acceptors (Lipinski definition) is 5. The Morgan fingerprint density at radius 1 is 1.50 bits per heavy atom. The Morgan fingerprint density at radius 2 is 2.38 bits per heavy atom. The highest BCUT2D eigenvalue weighted by molar-refractivity contribution is 4.83. The molecule has 16 heavy (non-hydrogen) atoms. The molecule has 5 nitrogen and oxygen atoms in total. The normalized spacial score (nSPS) is 22.5. The van der Waals surface area contributed by atoms with Gasteiger partial charge < -0.3 is 14.7 Å². The molecule has 0 spiro atoms. The SMILES string of the molecule is Cc1noc(CNCC2CCCCN2C)n1. The van der Waals surface area contributed by atoms with Crippen molar-refractivity contribution in [3.05, 3.63) is 11.7 Å². The van der Waals surface area contributed by atoms with Gasteiger partial charge in [0.2, 0.25) is 5.89 Å². The molecule has 0 saturated carbocycles. The van der Waals surface area contributed by atoms with E-state index in [9.17, 15) is 0 Å². The highest BCUT2D eigenvalue weighted by atomic mass is 16.5. The molecule has 90 valence electrons.